The highest BCUT2D eigenvalue weighted by atomic mass is 32.1. The van der Waals surface area contributed by atoms with Crippen LogP contribution >= 0.6 is 11.3 Å². The molecule has 2 aromatic heterocycles. The first-order valence-electron chi connectivity index (χ1n) is 14.1. The first-order chi connectivity index (χ1) is 18.9. The smallest absolute Gasteiger partial charge is 0.273 e. The van der Waals surface area contributed by atoms with Crippen molar-refractivity contribution in [3.05, 3.63) is 54.4 Å². The summed E-state index contributed by atoms with van der Waals surface area (Å²) in [7, 11) is 5.66. The minimum Gasteiger partial charge on any atom is -0.473 e. The van der Waals surface area contributed by atoms with Crippen molar-refractivity contribution >= 4 is 28.7 Å². The Morgan fingerprint density at radius 3 is 2.41 bits per heavy atom. The maximum absolute atomic E-state index is 14.0. The number of aliphatic hydroxyl groups excluding tert-OH is 1. The molecule has 1 N–H and O–H groups in total. The molecule has 0 radical (unpaired) electrons. The molecule has 2 aliphatic rings. The predicted octanol–water partition coefficient (Wildman–Crippen LogP) is 6.14. The normalized spacial score (nSPS) is 23.3. The molecule has 2 aliphatic carbocycles. The van der Waals surface area contributed by atoms with Crippen LogP contribution in [-0.4, -0.2) is 54.8 Å². The van der Waals surface area contributed by atoms with E-state index in [4.69, 9.17) is 4.74 Å². The second-order valence-corrected chi connectivity index (χ2v) is 12.3. The van der Waals surface area contributed by atoms with E-state index in [9.17, 15) is 9.90 Å². The largest absolute Gasteiger partial charge is 0.473 e. The van der Waals surface area contributed by atoms with Crippen LogP contribution in [0.1, 0.15) is 62.8 Å². The molecule has 0 saturated heterocycles. The Morgan fingerprint density at radius 1 is 1.00 bits per heavy atom. The van der Waals surface area contributed by atoms with Gasteiger partial charge >= 0.3 is 0 Å². The molecule has 208 valence electrons. The molecule has 0 unspecified atom stereocenters. The average Bonchev–Trinajstić information content (AvgIpc) is 3.46. The highest BCUT2D eigenvalue weighted by Crippen LogP contribution is 2.38. The molecule has 0 atom stereocenters. The Morgan fingerprint density at radius 2 is 1.77 bits per heavy atom. The zero-order chi connectivity index (χ0) is 27.4. The van der Waals surface area contributed by atoms with Gasteiger partial charge in [-0.2, -0.15) is 0 Å². The van der Waals surface area contributed by atoms with Gasteiger partial charge in [0.1, 0.15) is 5.82 Å². The van der Waals surface area contributed by atoms with E-state index in [0.29, 0.717) is 29.9 Å². The summed E-state index contributed by atoms with van der Waals surface area (Å²) in [4.78, 5) is 28.0. The zero-order valence-corrected chi connectivity index (χ0v) is 24.1. The number of benzene rings is 1. The quantitative estimate of drug-likeness (QED) is 0.364. The molecule has 2 heterocycles. The third kappa shape index (κ3) is 6.61. The van der Waals surface area contributed by atoms with Gasteiger partial charge in [0.05, 0.1) is 18.1 Å². The maximum atomic E-state index is 14.0. The van der Waals surface area contributed by atoms with Crippen LogP contribution in [0.25, 0.3) is 10.4 Å². The SMILES string of the molecule is COc1ncc(-c2cccc(N(CC3CCC(c4ccc(N(C)C)nc4)CC3)C(=O)C3CCC(O)CC3)c2)s1. The number of carbonyl (C=O) groups is 1. The number of nitrogens with zero attached hydrogens (tertiary/aromatic N) is 4. The van der Waals surface area contributed by atoms with Gasteiger partial charge in [0, 0.05) is 44.6 Å². The zero-order valence-electron chi connectivity index (χ0n) is 23.3. The molecule has 7 nitrogen and oxygen atoms in total. The van der Waals surface area contributed by atoms with Crippen molar-refractivity contribution in [2.75, 3.05) is 37.5 Å². The monoisotopic (exact) mass is 548 g/mol. The van der Waals surface area contributed by atoms with Crippen molar-refractivity contribution in [3.63, 3.8) is 0 Å². The number of methoxy groups -OCH3 is 1. The fourth-order valence-electron chi connectivity index (χ4n) is 6.02. The first-order valence-corrected chi connectivity index (χ1v) is 15.0. The van der Waals surface area contributed by atoms with E-state index in [1.165, 1.54) is 16.9 Å². The van der Waals surface area contributed by atoms with E-state index in [1.807, 2.05) is 42.4 Å². The van der Waals surface area contributed by atoms with Gasteiger partial charge in [0.25, 0.3) is 5.19 Å². The van der Waals surface area contributed by atoms with Crippen molar-refractivity contribution < 1.29 is 14.6 Å². The van der Waals surface area contributed by atoms with Crippen molar-refractivity contribution in [1.29, 1.82) is 0 Å². The maximum Gasteiger partial charge on any atom is 0.273 e. The number of anilines is 2. The van der Waals surface area contributed by atoms with Gasteiger partial charge in [-0.3, -0.25) is 4.79 Å². The second-order valence-electron chi connectivity index (χ2n) is 11.3. The molecule has 1 amide bonds. The first kappa shape index (κ1) is 27.6. The van der Waals surface area contributed by atoms with Crippen molar-refractivity contribution in [1.82, 2.24) is 9.97 Å². The Labute approximate surface area is 235 Å². The Hall–Kier alpha value is -2.97. The summed E-state index contributed by atoms with van der Waals surface area (Å²) in [5.41, 5.74) is 3.31. The molecular formula is C31H40N4O3S. The van der Waals surface area contributed by atoms with E-state index in [1.54, 1.807) is 7.11 Å². The standard InChI is InChI=1S/C31H40N4O3S/c1-34(2)29-16-13-25(18-32-29)22-9-7-21(8-10-22)20-35(30(37)23-11-14-27(36)15-12-23)26-6-4-5-24(17-26)28-19-33-31(38-3)39-28/h4-6,13,16-19,21-23,27,36H,7-12,14-15,20H2,1-3H3. The predicted molar refractivity (Wildman–Crippen MR) is 158 cm³/mol. The number of amides is 1. The lowest BCUT2D eigenvalue weighted by molar-refractivity contribution is -0.124. The lowest BCUT2D eigenvalue weighted by Crippen LogP contribution is -2.41. The third-order valence-corrected chi connectivity index (χ3v) is 9.41. The minimum absolute atomic E-state index is 0.0295. The van der Waals surface area contributed by atoms with Crippen LogP contribution in [0.5, 0.6) is 5.19 Å². The van der Waals surface area contributed by atoms with Gasteiger partial charge in [-0.05, 0) is 92.5 Å². The topological polar surface area (TPSA) is 78.8 Å². The van der Waals surface area contributed by atoms with Crippen LogP contribution in [0, 0.1) is 11.8 Å². The molecule has 8 heteroatoms. The number of hydrogen-bond acceptors (Lipinski definition) is 7. The van der Waals surface area contributed by atoms with E-state index < -0.39 is 0 Å². The molecular weight excluding hydrogens is 508 g/mol. The number of pyridine rings is 1. The minimum atomic E-state index is -0.274. The number of hydrogen-bond donors (Lipinski definition) is 1. The number of carbonyl (C=O) groups excluding carboxylic acids is 1. The van der Waals surface area contributed by atoms with Gasteiger partial charge < -0.3 is 19.6 Å². The van der Waals surface area contributed by atoms with Crippen LogP contribution in [-0.2, 0) is 4.79 Å². The van der Waals surface area contributed by atoms with Gasteiger partial charge in [-0.25, -0.2) is 9.97 Å². The van der Waals surface area contributed by atoms with Crippen molar-refractivity contribution in [2.45, 2.75) is 63.4 Å². The average molecular weight is 549 g/mol. The fraction of sp³-hybridized carbons (Fsp3) is 0.516. The molecule has 0 spiro atoms. The summed E-state index contributed by atoms with van der Waals surface area (Å²) in [5, 5.41) is 10.7. The van der Waals surface area contributed by atoms with Crippen LogP contribution < -0.4 is 14.5 Å². The number of ether oxygens (including phenoxy) is 1. The highest BCUT2D eigenvalue weighted by molar-refractivity contribution is 7.16. The Balaban J connectivity index is 1.32. The van der Waals surface area contributed by atoms with Crippen LogP contribution in [0.4, 0.5) is 11.5 Å². The fourth-order valence-corrected chi connectivity index (χ4v) is 6.75. The molecule has 2 fully saturated rings. The van der Waals surface area contributed by atoms with E-state index in [-0.39, 0.29) is 17.9 Å². The van der Waals surface area contributed by atoms with Gasteiger partial charge in [-0.1, -0.05) is 29.5 Å². The van der Waals surface area contributed by atoms with Gasteiger partial charge in [0.2, 0.25) is 5.91 Å². The summed E-state index contributed by atoms with van der Waals surface area (Å²) in [5.74, 6) is 2.14. The van der Waals surface area contributed by atoms with Crippen molar-refractivity contribution in [3.8, 4) is 15.6 Å². The summed E-state index contributed by atoms with van der Waals surface area (Å²) in [6, 6.07) is 12.6. The van der Waals surface area contributed by atoms with Crippen molar-refractivity contribution in [2.24, 2.45) is 11.8 Å². The van der Waals surface area contributed by atoms with Crippen LogP contribution in [0.3, 0.4) is 0 Å². The van der Waals surface area contributed by atoms with Crippen LogP contribution in [0.2, 0.25) is 0 Å². The van der Waals surface area contributed by atoms with Gasteiger partial charge in [0.15, 0.2) is 0 Å². The number of aliphatic hydroxyl groups is 1. The van der Waals surface area contributed by atoms with E-state index >= 15 is 0 Å². The second kappa shape index (κ2) is 12.5. The van der Waals surface area contributed by atoms with Gasteiger partial charge in [-0.15, -0.1) is 0 Å². The Kier molecular flexibility index (Phi) is 8.82. The summed E-state index contributed by atoms with van der Waals surface area (Å²) in [6.45, 7) is 0.734. The number of thiazole rings is 1. The molecule has 2 saturated carbocycles. The lowest BCUT2D eigenvalue weighted by Gasteiger charge is -2.36. The molecule has 0 aliphatic heterocycles. The number of rotatable bonds is 8. The molecule has 3 aromatic rings. The summed E-state index contributed by atoms with van der Waals surface area (Å²) in [6.07, 6.45) is 10.9. The summed E-state index contributed by atoms with van der Waals surface area (Å²) < 4.78 is 5.29. The van der Waals surface area contributed by atoms with E-state index in [2.05, 4.69) is 40.3 Å². The third-order valence-electron chi connectivity index (χ3n) is 8.40. The lowest BCUT2D eigenvalue weighted by atomic mass is 9.78. The molecule has 5 rings (SSSR count). The number of aromatic nitrogens is 2. The molecule has 0 bridgehead atoms. The van der Waals surface area contributed by atoms with E-state index in [0.717, 1.165) is 67.0 Å². The Bertz CT molecular complexity index is 1230. The molecule has 39 heavy (non-hydrogen) atoms. The highest BCUT2D eigenvalue weighted by Gasteiger charge is 2.32. The molecule has 1 aromatic carbocycles. The summed E-state index contributed by atoms with van der Waals surface area (Å²) >= 11 is 1.51. The van der Waals surface area contributed by atoms with Crippen LogP contribution in [0.15, 0.2) is 48.8 Å².